The summed E-state index contributed by atoms with van der Waals surface area (Å²) in [5.74, 6) is 1.86. The van der Waals surface area contributed by atoms with Crippen molar-refractivity contribution in [1.82, 2.24) is 4.90 Å². The van der Waals surface area contributed by atoms with Crippen LogP contribution in [0.2, 0.25) is 0 Å². The van der Waals surface area contributed by atoms with E-state index in [4.69, 9.17) is 5.73 Å². The number of nitrogens with two attached hydrogens (primary N) is 1. The average molecular weight is 266 g/mol. The highest BCUT2D eigenvalue weighted by Gasteiger charge is 2.31. The Hall–Kier alpha value is -0.0800. The summed E-state index contributed by atoms with van der Waals surface area (Å²) in [5, 5.41) is 0. The summed E-state index contributed by atoms with van der Waals surface area (Å²) in [6.45, 7) is 3.20. The summed E-state index contributed by atoms with van der Waals surface area (Å²) in [7, 11) is 2.35. The number of hydrogen-bond acceptors (Lipinski definition) is 2. The molecule has 0 heterocycles. The smallest absolute Gasteiger partial charge is 0.0246 e. The van der Waals surface area contributed by atoms with Crippen LogP contribution in [0, 0.1) is 11.8 Å². The van der Waals surface area contributed by atoms with E-state index in [0.717, 1.165) is 24.4 Å². The minimum absolute atomic E-state index is 0.642. The number of nitrogens with zero attached hydrogens (tertiary/aromatic N) is 1. The Morgan fingerprint density at radius 1 is 1.00 bits per heavy atom. The molecule has 19 heavy (non-hydrogen) atoms. The molecular formula is C17H34N2. The fraction of sp³-hybridized carbons (Fsp3) is 1.00. The molecule has 0 bridgehead atoms. The van der Waals surface area contributed by atoms with E-state index in [0.29, 0.717) is 6.04 Å². The van der Waals surface area contributed by atoms with Crippen LogP contribution in [0.5, 0.6) is 0 Å². The van der Waals surface area contributed by atoms with Crippen LogP contribution in [0.15, 0.2) is 0 Å². The molecule has 2 fully saturated rings. The van der Waals surface area contributed by atoms with Crippen molar-refractivity contribution < 1.29 is 0 Å². The summed E-state index contributed by atoms with van der Waals surface area (Å²) < 4.78 is 0. The molecule has 0 spiro atoms. The molecule has 2 aliphatic rings. The van der Waals surface area contributed by atoms with E-state index in [1.807, 2.05) is 0 Å². The lowest BCUT2D eigenvalue weighted by molar-refractivity contribution is 0.0763. The third kappa shape index (κ3) is 3.95. The molecule has 2 N–H and O–H groups in total. The van der Waals surface area contributed by atoms with Crippen molar-refractivity contribution in [1.29, 1.82) is 0 Å². The lowest BCUT2D eigenvalue weighted by atomic mass is 9.80. The van der Waals surface area contributed by atoms with E-state index >= 15 is 0 Å². The van der Waals surface area contributed by atoms with Crippen LogP contribution >= 0.6 is 0 Å². The van der Waals surface area contributed by atoms with Crippen LogP contribution in [0.4, 0.5) is 0 Å². The van der Waals surface area contributed by atoms with E-state index in [9.17, 15) is 0 Å². The maximum absolute atomic E-state index is 6.12. The Morgan fingerprint density at radius 3 is 2.16 bits per heavy atom. The maximum atomic E-state index is 6.12. The van der Waals surface area contributed by atoms with Crippen LogP contribution in [-0.2, 0) is 0 Å². The third-order valence-corrected chi connectivity index (χ3v) is 5.93. The van der Waals surface area contributed by atoms with Crippen LogP contribution in [0.3, 0.4) is 0 Å². The first kappa shape index (κ1) is 15.3. The predicted octanol–water partition coefficient (Wildman–Crippen LogP) is 3.79. The van der Waals surface area contributed by atoms with Crippen molar-refractivity contribution in [3.63, 3.8) is 0 Å². The monoisotopic (exact) mass is 266 g/mol. The Balaban J connectivity index is 1.87. The highest BCUT2D eigenvalue weighted by molar-refractivity contribution is 4.87. The molecule has 0 aromatic carbocycles. The van der Waals surface area contributed by atoms with Crippen molar-refractivity contribution in [2.75, 3.05) is 13.6 Å². The molecule has 0 radical (unpaired) electrons. The quantitative estimate of drug-likeness (QED) is 0.820. The molecule has 0 aromatic rings. The van der Waals surface area contributed by atoms with Gasteiger partial charge in [-0.05, 0) is 57.4 Å². The van der Waals surface area contributed by atoms with Gasteiger partial charge in [0.1, 0.15) is 0 Å². The Bertz CT molecular complexity index is 240. The summed E-state index contributed by atoms with van der Waals surface area (Å²) >= 11 is 0. The lowest BCUT2D eigenvalue weighted by Gasteiger charge is -2.42. The first-order valence-electron chi connectivity index (χ1n) is 8.68. The number of likely N-dealkylation sites (N-methyl/N-ethyl adjacent to an activating group) is 1. The van der Waals surface area contributed by atoms with Gasteiger partial charge in [-0.2, -0.15) is 0 Å². The van der Waals surface area contributed by atoms with Gasteiger partial charge in [-0.25, -0.2) is 0 Å². The topological polar surface area (TPSA) is 29.3 Å². The highest BCUT2D eigenvalue weighted by Crippen LogP contribution is 2.33. The van der Waals surface area contributed by atoms with Crippen molar-refractivity contribution in [3.8, 4) is 0 Å². The molecule has 2 saturated carbocycles. The molecule has 0 aromatic heterocycles. The zero-order chi connectivity index (χ0) is 13.7. The van der Waals surface area contributed by atoms with Gasteiger partial charge >= 0.3 is 0 Å². The van der Waals surface area contributed by atoms with Crippen LogP contribution < -0.4 is 5.73 Å². The molecule has 2 heteroatoms. The fourth-order valence-electron chi connectivity index (χ4n) is 4.44. The van der Waals surface area contributed by atoms with Gasteiger partial charge in [-0.15, -0.1) is 0 Å². The predicted molar refractivity (Wildman–Crippen MR) is 83.2 cm³/mol. The Morgan fingerprint density at radius 2 is 1.63 bits per heavy atom. The number of hydrogen-bond donors (Lipinski definition) is 1. The van der Waals surface area contributed by atoms with Gasteiger partial charge in [-0.1, -0.05) is 32.6 Å². The van der Waals surface area contributed by atoms with Gasteiger partial charge in [-0.3, -0.25) is 4.90 Å². The normalized spacial score (nSPS) is 31.6. The molecule has 0 saturated heterocycles. The van der Waals surface area contributed by atoms with Gasteiger partial charge in [0.25, 0.3) is 0 Å². The van der Waals surface area contributed by atoms with Crippen molar-refractivity contribution >= 4 is 0 Å². The second-order valence-corrected chi connectivity index (χ2v) is 6.95. The summed E-state index contributed by atoms with van der Waals surface area (Å²) in [4.78, 5) is 2.67. The molecule has 0 amide bonds. The van der Waals surface area contributed by atoms with Gasteiger partial charge < -0.3 is 5.73 Å². The lowest BCUT2D eigenvalue weighted by Crippen LogP contribution is -2.49. The molecule has 2 nitrogen and oxygen atoms in total. The Labute approximate surface area is 120 Å². The largest absolute Gasteiger partial charge is 0.329 e. The molecule has 112 valence electrons. The SMILES string of the molecule is CCC1CCC(N(C)C(CN)C2CCCCC2)CC1. The molecule has 2 aliphatic carbocycles. The first-order valence-corrected chi connectivity index (χ1v) is 8.68. The van der Waals surface area contributed by atoms with Gasteiger partial charge in [0.15, 0.2) is 0 Å². The summed E-state index contributed by atoms with van der Waals surface area (Å²) in [6, 6.07) is 1.45. The van der Waals surface area contributed by atoms with Crippen molar-refractivity contribution in [2.45, 2.75) is 83.2 Å². The van der Waals surface area contributed by atoms with Crippen LogP contribution in [0.1, 0.15) is 71.1 Å². The molecule has 0 aliphatic heterocycles. The molecular weight excluding hydrogens is 232 g/mol. The van der Waals surface area contributed by atoms with E-state index in [-0.39, 0.29) is 0 Å². The zero-order valence-electron chi connectivity index (χ0n) is 13.1. The van der Waals surface area contributed by atoms with Gasteiger partial charge in [0.05, 0.1) is 0 Å². The molecule has 1 atom stereocenters. The zero-order valence-corrected chi connectivity index (χ0v) is 13.1. The minimum Gasteiger partial charge on any atom is -0.329 e. The minimum atomic E-state index is 0.642. The van der Waals surface area contributed by atoms with E-state index < -0.39 is 0 Å². The second-order valence-electron chi connectivity index (χ2n) is 6.95. The summed E-state index contributed by atoms with van der Waals surface area (Å²) in [5.41, 5.74) is 6.12. The van der Waals surface area contributed by atoms with E-state index in [1.54, 1.807) is 0 Å². The third-order valence-electron chi connectivity index (χ3n) is 5.93. The van der Waals surface area contributed by atoms with Crippen LogP contribution in [0.25, 0.3) is 0 Å². The van der Waals surface area contributed by atoms with E-state index in [1.165, 1.54) is 64.2 Å². The molecule has 2 rings (SSSR count). The number of rotatable bonds is 5. The molecule has 1 unspecified atom stereocenters. The van der Waals surface area contributed by atoms with Crippen molar-refractivity contribution in [2.24, 2.45) is 17.6 Å². The Kier molecular flexibility index (Phi) is 6.15. The van der Waals surface area contributed by atoms with Gasteiger partial charge in [0.2, 0.25) is 0 Å². The standard InChI is InChI=1S/C17H34N2/c1-3-14-9-11-16(12-10-14)19(2)17(13-18)15-7-5-4-6-8-15/h14-17H,3-13,18H2,1-2H3. The second kappa shape index (κ2) is 7.64. The average Bonchev–Trinajstić information content (AvgIpc) is 2.49. The van der Waals surface area contributed by atoms with Crippen LogP contribution in [-0.4, -0.2) is 30.6 Å². The maximum Gasteiger partial charge on any atom is 0.0246 e. The van der Waals surface area contributed by atoms with Crippen molar-refractivity contribution in [3.05, 3.63) is 0 Å². The summed E-state index contributed by atoms with van der Waals surface area (Å²) in [6.07, 6.45) is 14.2. The van der Waals surface area contributed by atoms with E-state index in [2.05, 4.69) is 18.9 Å². The first-order chi connectivity index (χ1) is 9.26. The fourth-order valence-corrected chi connectivity index (χ4v) is 4.44. The van der Waals surface area contributed by atoms with Gasteiger partial charge in [0, 0.05) is 18.6 Å². The highest BCUT2D eigenvalue weighted by atomic mass is 15.2.